The van der Waals surface area contributed by atoms with Crippen molar-refractivity contribution in [2.75, 3.05) is 0 Å². The fraction of sp³-hybridized carbons (Fsp3) is 0. The van der Waals surface area contributed by atoms with Crippen molar-refractivity contribution >= 4 is 21.5 Å². The summed E-state index contributed by atoms with van der Waals surface area (Å²) in [6.07, 6.45) is 0. The molecule has 0 aliphatic carbocycles. The van der Waals surface area contributed by atoms with E-state index in [1.807, 2.05) is 12.1 Å². The third kappa shape index (κ3) is 1.70. The molecule has 0 amide bonds. The molecule has 0 heteroatoms. The van der Waals surface area contributed by atoms with E-state index < -0.39 is 0 Å². The molecule has 90 valence electrons. The maximum absolute atomic E-state index is 3.22. The minimum atomic E-state index is 0.953. The first-order valence-electron chi connectivity index (χ1n) is 6.57. The van der Waals surface area contributed by atoms with Crippen LogP contribution < -0.4 is 0 Å². The van der Waals surface area contributed by atoms with Crippen molar-refractivity contribution < 1.29 is 0 Å². The number of hydrogen-bond donors (Lipinski definition) is 0. The second-order valence-electron chi connectivity index (χ2n) is 4.74. The molecule has 0 N–H and O–H groups in total. The van der Waals surface area contributed by atoms with E-state index in [-0.39, 0.29) is 0 Å². The van der Waals surface area contributed by atoms with Crippen LogP contribution in [-0.4, -0.2) is 0 Å². The SMILES string of the molecule is [c]1[c]c(-c2cccc3ccccc23)c2ccc[c]c2[c]1. The van der Waals surface area contributed by atoms with Gasteiger partial charge in [-0.1, -0.05) is 60.7 Å². The Morgan fingerprint density at radius 1 is 0.700 bits per heavy atom. The van der Waals surface area contributed by atoms with E-state index in [0.717, 1.165) is 16.3 Å². The third-order valence-corrected chi connectivity index (χ3v) is 3.56. The second kappa shape index (κ2) is 4.50. The molecular formula is C20H10. The van der Waals surface area contributed by atoms with Crippen LogP contribution in [0.4, 0.5) is 0 Å². The lowest BCUT2D eigenvalue weighted by molar-refractivity contribution is 1.66. The zero-order chi connectivity index (χ0) is 13.4. The van der Waals surface area contributed by atoms with Crippen molar-refractivity contribution in [2.24, 2.45) is 0 Å². The molecule has 0 fully saturated rings. The monoisotopic (exact) mass is 250 g/mol. The van der Waals surface area contributed by atoms with Gasteiger partial charge in [-0.2, -0.15) is 0 Å². The highest BCUT2D eigenvalue weighted by atomic mass is 14.1. The van der Waals surface area contributed by atoms with Crippen LogP contribution in [0.2, 0.25) is 0 Å². The van der Waals surface area contributed by atoms with Crippen LogP contribution in [0, 0.1) is 24.3 Å². The first-order chi connectivity index (χ1) is 9.93. The van der Waals surface area contributed by atoms with Gasteiger partial charge in [0.15, 0.2) is 0 Å². The molecule has 0 aliphatic rings. The van der Waals surface area contributed by atoms with Crippen molar-refractivity contribution in [3.8, 4) is 11.1 Å². The van der Waals surface area contributed by atoms with E-state index in [1.54, 1.807) is 0 Å². The van der Waals surface area contributed by atoms with Crippen LogP contribution in [0.25, 0.3) is 32.7 Å². The molecule has 4 aromatic rings. The Balaban J connectivity index is 2.12. The molecule has 0 saturated carbocycles. The summed E-state index contributed by atoms with van der Waals surface area (Å²) < 4.78 is 0. The lowest BCUT2D eigenvalue weighted by Crippen LogP contribution is -1.84. The summed E-state index contributed by atoms with van der Waals surface area (Å²) in [7, 11) is 0. The Morgan fingerprint density at radius 3 is 2.55 bits per heavy atom. The molecule has 4 radical (unpaired) electrons. The van der Waals surface area contributed by atoms with Gasteiger partial charge < -0.3 is 0 Å². The summed E-state index contributed by atoms with van der Waals surface area (Å²) in [4.78, 5) is 0. The van der Waals surface area contributed by atoms with Crippen LogP contribution >= 0.6 is 0 Å². The summed E-state index contributed by atoms with van der Waals surface area (Å²) in [5, 5.41) is 4.53. The summed E-state index contributed by atoms with van der Waals surface area (Å²) in [6, 6.07) is 33.2. The van der Waals surface area contributed by atoms with Gasteiger partial charge in [-0.15, -0.1) is 0 Å². The van der Waals surface area contributed by atoms with Gasteiger partial charge in [-0.25, -0.2) is 0 Å². The van der Waals surface area contributed by atoms with Crippen LogP contribution in [0.5, 0.6) is 0 Å². The van der Waals surface area contributed by atoms with Gasteiger partial charge in [-0.05, 0) is 56.9 Å². The molecule has 4 aromatic carbocycles. The standard InChI is InChI=1S/C20H10/c1-3-11-17-15(7-1)9-5-13-19(17)20-14-6-10-16-8-2-4-12-18(16)20/h1-5,7,9,11-13H. The molecule has 0 nitrogen and oxygen atoms in total. The van der Waals surface area contributed by atoms with Crippen LogP contribution in [0.1, 0.15) is 0 Å². The van der Waals surface area contributed by atoms with E-state index in [1.165, 1.54) is 16.3 Å². The zero-order valence-corrected chi connectivity index (χ0v) is 10.8. The number of rotatable bonds is 1. The summed E-state index contributed by atoms with van der Waals surface area (Å²) >= 11 is 0. The molecule has 20 heavy (non-hydrogen) atoms. The zero-order valence-electron chi connectivity index (χ0n) is 10.8. The highest BCUT2D eigenvalue weighted by Gasteiger charge is 2.07. The van der Waals surface area contributed by atoms with Crippen LogP contribution in [0.3, 0.4) is 0 Å². The van der Waals surface area contributed by atoms with E-state index in [4.69, 9.17) is 0 Å². The van der Waals surface area contributed by atoms with Gasteiger partial charge in [0.1, 0.15) is 0 Å². The Bertz CT molecular complexity index is 816. The fourth-order valence-corrected chi connectivity index (χ4v) is 2.63. The molecule has 0 atom stereocenters. The summed E-state index contributed by atoms with van der Waals surface area (Å²) in [5.41, 5.74) is 2.24. The van der Waals surface area contributed by atoms with E-state index in [0.29, 0.717) is 0 Å². The van der Waals surface area contributed by atoms with Gasteiger partial charge in [0.25, 0.3) is 0 Å². The largest absolute Gasteiger partial charge is 0.0616 e. The molecule has 0 bridgehead atoms. The second-order valence-corrected chi connectivity index (χ2v) is 4.74. The predicted octanol–water partition coefficient (Wildman–Crippen LogP) is 4.86. The van der Waals surface area contributed by atoms with E-state index in [9.17, 15) is 0 Å². The first kappa shape index (κ1) is 11.2. The highest BCUT2D eigenvalue weighted by molar-refractivity contribution is 6.04. The molecule has 0 aromatic heterocycles. The molecule has 0 saturated heterocycles. The van der Waals surface area contributed by atoms with Gasteiger partial charge in [-0.3, -0.25) is 0 Å². The minimum absolute atomic E-state index is 0.953. The highest BCUT2D eigenvalue weighted by Crippen LogP contribution is 2.32. The molecule has 4 rings (SSSR count). The van der Waals surface area contributed by atoms with Gasteiger partial charge >= 0.3 is 0 Å². The normalized spacial score (nSPS) is 11.0. The van der Waals surface area contributed by atoms with Crippen LogP contribution in [-0.2, 0) is 0 Å². The quantitative estimate of drug-likeness (QED) is 0.452. The van der Waals surface area contributed by atoms with Crippen molar-refractivity contribution in [3.05, 3.63) is 84.9 Å². The van der Waals surface area contributed by atoms with Gasteiger partial charge in [0.05, 0.1) is 0 Å². The van der Waals surface area contributed by atoms with Crippen molar-refractivity contribution in [3.63, 3.8) is 0 Å². The van der Waals surface area contributed by atoms with Crippen molar-refractivity contribution in [1.29, 1.82) is 0 Å². The van der Waals surface area contributed by atoms with Crippen LogP contribution in [0.15, 0.2) is 60.7 Å². The van der Waals surface area contributed by atoms with E-state index >= 15 is 0 Å². The molecule has 0 spiro atoms. The fourth-order valence-electron chi connectivity index (χ4n) is 2.63. The lowest BCUT2D eigenvalue weighted by atomic mass is 9.94. The third-order valence-electron chi connectivity index (χ3n) is 3.56. The van der Waals surface area contributed by atoms with Crippen molar-refractivity contribution in [1.82, 2.24) is 0 Å². The number of benzene rings is 4. The predicted molar refractivity (Wildman–Crippen MR) is 82.2 cm³/mol. The Morgan fingerprint density at radius 2 is 1.55 bits per heavy atom. The Labute approximate surface area is 118 Å². The average molecular weight is 250 g/mol. The number of fused-ring (bicyclic) bond motifs is 2. The average Bonchev–Trinajstić information content (AvgIpc) is 2.54. The lowest BCUT2D eigenvalue weighted by Gasteiger charge is -2.09. The maximum Gasteiger partial charge on any atom is -0.00000152 e. The van der Waals surface area contributed by atoms with Gasteiger partial charge in [0.2, 0.25) is 0 Å². The van der Waals surface area contributed by atoms with Gasteiger partial charge in [0, 0.05) is 0 Å². The smallest absolute Gasteiger partial charge is 0.00000152 e. The first-order valence-corrected chi connectivity index (χ1v) is 6.57. The molecule has 0 aliphatic heterocycles. The Hall–Kier alpha value is -2.60. The summed E-state index contributed by atoms with van der Waals surface area (Å²) in [5.74, 6) is 0. The number of hydrogen-bond acceptors (Lipinski definition) is 0. The Kier molecular flexibility index (Phi) is 2.53. The van der Waals surface area contributed by atoms with Crippen molar-refractivity contribution in [2.45, 2.75) is 0 Å². The summed E-state index contributed by atoms with van der Waals surface area (Å²) in [6.45, 7) is 0. The minimum Gasteiger partial charge on any atom is -0.0616 e. The topological polar surface area (TPSA) is 0 Å². The maximum atomic E-state index is 3.22. The van der Waals surface area contributed by atoms with E-state index in [2.05, 4.69) is 72.8 Å². The molecule has 0 unspecified atom stereocenters. The molecular weight excluding hydrogens is 240 g/mol. The molecule has 0 heterocycles.